The van der Waals surface area contributed by atoms with Crippen molar-refractivity contribution < 1.29 is 40.7 Å². The molecule has 0 spiro atoms. The van der Waals surface area contributed by atoms with Crippen molar-refractivity contribution in [3.63, 3.8) is 0 Å². The smallest absolute Gasteiger partial charge is 0.455 e. The van der Waals surface area contributed by atoms with E-state index in [-0.39, 0.29) is 13.2 Å². The van der Waals surface area contributed by atoms with E-state index in [1.807, 2.05) is 0 Å². The number of carbonyl (C=O) groups is 2. The van der Waals surface area contributed by atoms with E-state index in [4.69, 9.17) is 0 Å². The topological polar surface area (TPSA) is 46.6 Å². The van der Waals surface area contributed by atoms with E-state index in [0.29, 0.717) is 6.42 Å². The second kappa shape index (κ2) is 5.33. The first-order valence-electron chi connectivity index (χ1n) is 5.27. The summed E-state index contributed by atoms with van der Waals surface area (Å²) in [6.45, 7) is -0.117. The molecule has 0 radical (unpaired) electrons. The van der Waals surface area contributed by atoms with E-state index in [1.54, 1.807) is 0 Å². The summed E-state index contributed by atoms with van der Waals surface area (Å²) in [5, 5.41) is 0. The minimum Gasteiger partial charge on any atom is -0.478 e. The van der Waals surface area contributed by atoms with Crippen molar-refractivity contribution in [3.05, 3.63) is 11.5 Å². The van der Waals surface area contributed by atoms with Gasteiger partial charge in [-0.3, -0.25) is 9.59 Å². The molecule has 1 fully saturated rings. The van der Waals surface area contributed by atoms with Crippen molar-refractivity contribution in [2.45, 2.75) is 18.8 Å². The van der Waals surface area contributed by atoms with E-state index in [0.717, 1.165) is 11.9 Å². The minimum atomic E-state index is -5.61. The monoisotopic (exact) mass is 305 g/mol. The van der Waals surface area contributed by atoms with Crippen LogP contribution in [0.3, 0.4) is 0 Å². The predicted molar refractivity (Wildman–Crippen MR) is 52.3 cm³/mol. The Morgan fingerprint density at radius 3 is 1.85 bits per heavy atom. The summed E-state index contributed by atoms with van der Waals surface area (Å²) in [7, 11) is 1.13. The van der Waals surface area contributed by atoms with Gasteiger partial charge in [0.1, 0.15) is 5.57 Å². The van der Waals surface area contributed by atoms with Gasteiger partial charge in [-0.05, 0) is 6.42 Å². The molecule has 0 aromatic rings. The first-order chi connectivity index (χ1) is 8.96. The highest BCUT2D eigenvalue weighted by atomic mass is 19.4. The molecule has 0 unspecified atom stereocenters. The summed E-state index contributed by atoms with van der Waals surface area (Å²) in [6, 6.07) is 0. The molecule has 0 saturated carbocycles. The van der Waals surface area contributed by atoms with E-state index in [2.05, 4.69) is 4.74 Å². The average Bonchev–Trinajstić information content (AvgIpc) is 2.29. The molecular formula is C10H9F6NO3. The maximum Gasteiger partial charge on any atom is 0.455 e. The molecule has 0 aromatic carbocycles. The number of rotatable bonds is 2. The lowest BCUT2D eigenvalue weighted by Gasteiger charge is -2.29. The molecule has 0 bridgehead atoms. The molecule has 1 rings (SSSR count). The SMILES string of the molecule is CN1CCCOC1=C(C(=O)C(F)(F)F)C(=O)C(F)(F)F. The molecule has 1 saturated heterocycles. The molecule has 0 atom stereocenters. The molecule has 0 amide bonds. The third kappa shape index (κ3) is 3.42. The molecule has 4 nitrogen and oxygen atoms in total. The number of hydrogen-bond donors (Lipinski definition) is 0. The van der Waals surface area contributed by atoms with E-state index < -0.39 is 35.4 Å². The number of allylic oxidation sites excluding steroid dienone is 1. The van der Waals surface area contributed by atoms with Gasteiger partial charge in [-0.2, -0.15) is 26.3 Å². The van der Waals surface area contributed by atoms with Gasteiger partial charge in [0, 0.05) is 13.6 Å². The quantitative estimate of drug-likeness (QED) is 0.338. The molecule has 20 heavy (non-hydrogen) atoms. The van der Waals surface area contributed by atoms with Crippen LogP contribution in [-0.2, 0) is 14.3 Å². The van der Waals surface area contributed by atoms with Crippen molar-refractivity contribution >= 4 is 11.6 Å². The Hall–Kier alpha value is -1.74. The second-order valence-electron chi connectivity index (χ2n) is 3.96. The molecule has 0 aliphatic carbocycles. The maximum atomic E-state index is 12.4. The molecule has 10 heteroatoms. The summed E-state index contributed by atoms with van der Waals surface area (Å²) in [5.74, 6) is -6.74. The van der Waals surface area contributed by atoms with Crippen LogP contribution in [-0.4, -0.2) is 49.0 Å². The van der Waals surface area contributed by atoms with Crippen LogP contribution in [0.5, 0.6) is 0 Å². The van der Waals surface area contributed by atoms with Gasteiger partial charge in [-0.25, -0.2) is 0 Å². The van der Waals surface area contributed by atoms with Crippen molar-refractivity contribution in [2.75, 3.05) is 20.2 Å². The van der Waals surface area contributed by atoms with E-state index in [9.17, 15) is 35.9 Å². The fourth-order valence-electron chi connectivity index (χ4n) is 1.53. The average molecular weight is 305 g/mol. The van der Waals surface area contributed by atoms with Crippen LogP contribution >= 0.6 is 0 Å². The summed E-state index contributed by atoms with van der Waals surface area (Å²) >= 11 is 0. The normalized spacial score (nSPS) is 16.8. The molecule has 1 heterocycles. The van der Waals surface area contributed by atoms with Gasteiger partial charge in [-0.15, -0.1) is 0 Å². The Morgan fingerprint density at radius 1 is 1.05 bits per heavy atom. The molecule has 1 aliphatic rings. The number of nitrogens with zero attached hydrogens (tertiary/aromatic N) is 1. The molecule has 1 aliphatic heterocycles. The second-order valence-corrected chi connectivity index (χ2v) is 3.96. The lowest BCUT2D eigenvalue weighted by atomic mass is 10.1. The molecule has 114 valence electrons. The number of carbonyl (C=O) groups excluding carboxylic acids is 2. The van der Waals surface area contributed by atoms with Gasteiger partial charge in [0.2, 0.25) is 5.88 Å². The first kappa shape index (κ1) is 16.3. The number of hydrogen-bond acceptors (Lipinski definition) is 4. The fourth-order valence-corrected chi connectivity index (χ4v) is 1.53. The van der Waals surface area contributed by atoms with Gasteiger partial charge < -0.3 is 9.64 Å². The van der Waals surface area contributed by atoms with Crippen molar-refractivity contribution in [3.8, 4) is 0 Å². The number of alkyl halides is 6. The molecular weight excluding hydrogens is 296 g/mol. The largest absolute Gasteiger partial charge is 0.478 e. The summed E-state index contributed by atoms with van der Waals surface area (Å²) < 4.78 is 78.8. The highest BCUT2D eigenvalue weighted by Gasteiger charge is 2.52. The van der Waals surface area contributed by atoms with Crippen LogP contribution in [0.1, 0.15) is 6.42 Å². The maximum absolute atomic E-state index is 12.4. The Kier molecular flexibility index (Phi) is 4.35. The van der Waals surface area contributed by atoms with Gasteiger partial charge in [-0.1, -0.05) is 0 Å². The van der Waals surface area contributed by atoms with Gasteiger partial charge in [0.15, 0.2) is 0 Å². The Bertz CT molecular complexity index is 423. The predicted octanol–water partition coefficient (Wildman–Crippen LogP) is 1.81. The van der Waals surface area contributed by atoms with Crippen LogP contribution < -0.4 is 0 Å². The first-order valence-corrected chi connectivity index (χ1v) is 5.27. The summed E-state index contributed by atoms with van der Waals surface area (Å²) in [5.41, 5.74) is -2.04. The highest BCUT2D eigenvalue weighted by molar-refractivity contribution is 6.24. The highest BCUT2D eigenvalue weighted by Crippen LogP contribution is 2.31. The zero-order chi connectivity index (χ0) is 15.7. The molecule has 0 N–H and O–H groups in total. The fraction of sp³-hybridized carbons (Fsp3) is 0.600. The zero-order valence-corrected chi connectivity index (χ0v) is 10.1. The van der Waals surface area contributed by atoms with Crippen molar-refractivity contribution in [2.24, 2.45) is 0 Å². The zero-order valence-electron chi connectivity index (χ0n) is 10.1. The standard InChI is InChI=1S/C10H9F6NO3/c1-17-3-2-4-20-8(17)5(6(18)9(11,12)13)7(19)10(14,15)16/h2-4H2,1H3. The lowest BCUT2D eigenvalue weighted by Crippen LogP contribution is -2.40. The van der Waals surface area contributed by atoms with Crippen LogP contribution in [0.25, 0.3) is 0 Å². The van der Waals surface area contributed by atoms with Crippen LogP contribution in [0.2, 0.25) is 0 Å². The van der Waals surface area contributed by atoms with E-state index >= 15 is 0 Å². The summed E-state index contributed by atoms with van der Waals surface area (Å²) in [6.07, 6.45) is -10.9. The Morgan fingerprint density at radius 2 is 1.50 bits per heavy atom. The number of ether oxygens (including phenoxy) is 1. The van der Waals surface area contributed by atoms with Crippen molar-refractivity contribution in [1.82, 2.24) is 4.90 Å². The summed E-state index contributed by atoms with van der Waals surface area (Å²) in [4.78, 5) is 23.0. The number of ketones is 2. The third-order valence-corrected chi connectivity index (χ3v) is 2.41. The Labute approximate surface area is 109 Å². The van der Waals surface area contributed by atoms with Gasteiger partial charge >= 0.3 is 12.4 Å². The lowest BCUT2D eigenvalue weighted by molar-refractivity contribution is -0.176. The van der Waals surface area contributed by atoms with Gasteiger partial charge in [0.25, 0.3) is 11.6 Å². The molecule has 0 aromatic heterocycles. The van der Waals surface area contributed by atoms with Crippen LogP contribution in [0, 0.1) is 0 Å². The Balaban J connectivity index is 3.39. The number of Topliss-reactive ketones (excluding diaryl/α,β-unsaturated/α-hetero) is 2. The number of halogens is 6. The third-order valence-electron chi connectivity index (χ3n) is 2.41. The minimum absolute atomic E-state index is 0.0646. The van der Waals surface area contributed by atoms with Crippen LogP contribution in [0.4, 0.5) is 26.3 Å². The van der Waals surface area contributed by atoms with Gasteiger partial charge in [0.05, 0.1) is 6.61 Å². The van der Waals surface area contributed by atoms with Crippen LogP contribution in [0.15, 0.2) is 11.5 Å². The van der Waals surface area contributed by atoms with Crippen molar-refractivity contribution in [1.29, 1.82) is 0 Å². The van der Waals surface area contributed by atoms with E-state index in [1.165, 1.54) is 0 Å².